The minimum absolute atomic E-state index is 0. The van der Waals surface area contributed by atoms with Gasteiger partial charge in [-0.3, -0.25) is 0 Å². The molecule has 1 saturated heterocycles. The Kier molecular flexibility index (Phi) is 9.20. The van der Waals surface area contributed by atoms with Crippen LogP contribution in [0.2, 0.25) is 0 Å². The van der Waals surface area contributed by atoms with Crippen molar-refractivity contribution < 1.29 is 11.6 Å². The Labute approximate surface area is 113 Å². The van der Waals surface area contributed by atoms with Gasteiger partial charge >= 0.3 is 0 Å². The summed E-state index contributed by atoms with van der Waals surface area (Å²) in [6.45, 7) is 8.09. The zero-order chi connectivity index (χ0) is 14.0. The van der Waals surface area contributed by atoms with E-state index in [1.54, 1.807) is 0 Å². The smallest absolute Gasteiger partial charge is 0.264 e. The molecule has 1 unspecified atom stereocenters. The molecule has 1 fully saturated rings. The summed E-state index contributed by atoms with van der Waals surface area (Å²) in [6.07, 6.45) is 5.61. The van der Waals surface area contributed by atoms with Gasteiger partial charge < -0.3 is 10.2 Å². The molecule has 0 bridgehead atoms. The van der Waals surface area contributed by atoms with Gasteiger partial charge in [0.25, 0.3) is 5.92 Å². The average molecular weight is 266 g/mol. The van der Waals surface area contributed by atoms with E-state index in [1.807, 2.05) is 33.9 Å². The summed E-state index contributed by atoms with van der Waals surface area (Å²) in [5, 5.41) is 2.88. The number of halogens is 2. The molecule has 1 heterocycles. The molecule has 18 heavy (non-hydrogen) atoms. The van der Waals surface area contributed by atoms with Crippen molar-refractivity contribution in [2.24, 2.45) is 0 Å². The topological polar surface area (TPSA) is 15.3 Å². The third-order valence-corrected chi connectivity index (χ3v) is 3.07. The van der Waals surface area contributed by atoms with Crippen molar-refractivity contribution in [2.45, 2.75) is 52.0 Å². The Balaban J connectivity index is -0.000000689. The van der Waals surface area contributed by atoms with Crippen molar-refractivity contribution >= 4 is 0 Å². The summed E-state index contributed by atoms with van der Waals surface area (Å²) in [7, 11) is 1.98. The first-order valence-electron chi connectivity index (χ1n) is 6.97. The summed E-state index contributed by atoms with van der Waals surface area (Å²) >= 11 is 0. The van der Waals surface area contributed by atoms with Crippen LogP contribution in [0.15, 0.2) is 12.2 Å². The molecule has 0 aromatic rings. The van der Waals surface area contributed by atoms with Gasteiger partial charge in [-0.1, -0.05) is 26.0 Å². The quantitative estimate of drug-likeness (QED) is 0.736. The van der Waals surface area contributed by atoms with Crippen LogP contribution in [0.5, 0.6) is 0 Å². The van der Waals surface area contributed by atoms with Gasteiger partial charge in [0.15, 0.2) is 0 Å². The number of nitrogens with zero attached hydrogens (tertiary/aromatic N) is 1. The molecule has 0 aromatic heterocycles. The molecule has 112 valence electrons. The molecule has 1 rings (SSSR count). The van der Waals surface area contributed by atoms with Crippen LogP contribution in [0, 0.1) is 0 Å². The summed E-state index contributed by atoms with van der Waals surface area (Å²) in [4.78, 5) is 2.11. The fourth-order valence-corrected chi connectivity index (χ4v) is 1.97. The van der Waals surface area contributed by atoms with Crippen LogP contribution in [-0.2, 0) is 0 Å². The van der Waals surface area contributed by atoms with E-state index in [2.05, 4.69) is 16.3 Å². The second-order valence-corrected chi connectivity index (χ2v) is 4.47. The zero-order valence-electron chi connectivity index (χ0n) is 12.2. The number of hydrogen-bond acceptors (Lipinski definition) is 2. The SMILES string of the molecule is CC.CC=CCCN(C)CCC1NCCC1(F)F.[HH].[HH]. The Hall–Kier alpha value is -0.480. The summed E-state index contributed by atoms with van der Waals surface area (Å²) in [6, 6.07) is -0.628. The van der Waals surface area contributed by atoms with Crippen molar-refractivity contribution in [1.29, 1.82) is 0 Å². The van der Waals surface area contributed by atoms with E-state index in [-0.39, 0.29) is 9.27 Å². The molecule has 0 saturated carbocycles. The van der Waals surface area contributed by atoms with Crippen molar-refractivity contribution in [3.05, 3.63) is 12.2 Å². The molecule has 1 aliphatic heterocycles. The Morgan fingerprint density at radius 1 is 1.39 bits per heavy atom. The van der Waals surface area contributed by atoms with E-state index in [0.29, 0.717) is 13.0 Å². The highest BCUT2D eigenvalue weighted by molar-refractivity contribution is 4.90. The number of hydrogen-bond donors (Lipinski definition) is 1. The highest BCUT2D eigenvalue weighted by atomic mass is 19.3. The van der Waals surface area contributed by atoms with Crippen molar-refractivity contribution in [3.63, 3.8) is 0 Å². The fourth-order valence-electron chi connectivity index (χ4n) is 1.97. The second kappa shape index (κ2) is 9.45. The van der Waals surface area contributed by atoms with Crippen LogP contribution < -0.4 is 5.32 Å². The van der Waals surface area contributed by atoms with Crippen molar-refractivity contribution in [2.75, 3.05) is 26.7 Å². The lowest BCUT2D eigenvalue weighted by molar-refractivity contribution is -0.0149. The van der Waals surface area contributed by atoms with Crippen LogP contribution in [0.1, 0.15) is 42.9 Å². The Morgan fingerprint density at radius 2 is 2.06 bits per heavy atom. The van der Waals surface area contributed by atoms with E-state index < -0.39 is 12.0 Å². The molecule has 2 nitrogen and oxygen atoms in total. The van der Waals surface area contributed by atoms with Gasteiger partial charge in [-0.05, 0) is 33.4 Å². The molecule has 0 aromatic carbocycles. The molecule has 0 amide bonds. The minimum atomic E-state index is -2.51. The largest absolute Gasteiger partial charge is 0.308 e. The molecule has 1 atom stereocenters. The molecule has 4 heteroatoms. The van der Waals surface area contributed by atoms with Gasteiger partial charge in [-0.15, -0.1) is 0 Å². The van der Waals surface area contributed by atoms with Crippen LogP contribution >= 0.6 is 0 Å². The second-order valence-electron chi connectivity index (χ2n) is 4.47. The molecule has 0 aliphatic carbocycles. The predicted molar refractivity (Wildman–Crippen MR) is 78.5 cm³/mol. The first-order valence-corrected chi connectivity index (χ1v) is 6.97. The zero-order valence-corrected chi connectivity index (χ0v) is 12.2. The van der Waals surface area contributed by atoms with Gasteiger partial charge in [-0.2, -0.15) is 0 Å². The fraction of sp³-hybridized carbons (Fsp3) is 0.857. The first-order chi connectivity index (χ1) is 8.56. The number of alkyl halides is 2. The van der Waals surface area contributed by atoms with Gasteiger partial charge in [0, 0.05) is 22.4 Å². The van der Waals surface area contributed by atoms with E-state index >= 15 is 0 Å². The van der Waals surface area contributed by atoms with E-state index in [9.17, 15) is 8.78 Å². The standard InChI is InChI=1S/C12H22F2N2.C2H6.2H2/c1-3-4-5-9-16(2)10-6-11-12(13,14)7-8-15-11;1-2;;/h3-4,11,15H,5-10H2,1-2H3;1-2H3;2*1H. The van der Waals surface area contributed by atoms with E-state index in [0.717, 1.165) is 19.5 Å². The molecular weight excluding hydrogens is 234 g/mol. The third kappa shape index (κ3) is 6.45. The van der Waals surface area contributed by atoms with Crippen LogP contribution in [0.25, 0.3) is 0 Å². The summed E-state index contributed by atoms with van der Waals surface area (Å²) in [5.41, 5.74) is 0. The van der Waals surface area contributed by atoms with E-state index in [1.165, 1.54) is 0 Å². The van der Waals surface area contributed by atoms with Gasteiger partial charge in [0.05, 0.1) is 6.04 Å². The number of nitrogens with one attached hydrogen (secondary N) is 1. The molecule has 0 radical (unpaired) electrons. The third-order valence-electron chi connectivity index (χ3n) is 3.07. The Morgan fingerprint density at radius 3 is 2.56 bits per heavy atom. The summed E-state index contributed by atoms with van der Waals surface area (Å²) < 4.78 is 26.5. The van der Waals surface area contributed by atoms with Gasteiger partial charge in [0.1, 0.15) is 0 Å². The highest BCUT2D eigenvalue weighted by Crippen LogP contribution is 2.29. The molecular formula is C14H32F2N2. The predicted octanol–water partition coefficient (Wildman–Crippen LogP) is 3.79. The van der Waals surface area contributed by atoms with Crippen molar-refractivity contribution in [3.8, 4) is 0 Å². The Bertz CT molecular complexity index is 239. The number of rotatable bonds is 6. The lowest BCUT2D eigenvalue weighted by Gasteiger charge is -2.22. The van der Waals surface area contributed by atoms with Crippen LogP contribution in [-0.4, -0.2) is 43.5 Å². The highest BCUT2D eigenvalue weighted by Gasteiger charge is 2.43. The number of allylic oxidation sites excluding steroid dienone is 1. The summed E-state index contributed by atoms with van der Waals surface area (Å²) in [5.74, 6) is -2.51. The normalized spacial score (nSPS) is 22.3. The molecule has 1 aliphatic rings. The van der Waals surface area contributed by atoms with E-state index in [4.69, 9.17) is 0 Å². The minimum Gasteiger partial charge on any atom is -0.308 e. The van der Waals surface area contributed by atoms with Crippen LogP contribution in [0.4, 0.5) is 8.78 Å². The van der Waals surface area contributed by atoms with Gasteiger partial charge in [0.2, 0.25) is 0 Å². The maximum Gasteiger partial charge on any atom is 0.264 e. The van der Waals surface area contributed by atoms with Crippen LogP contribution in [0.3, 0.4) is 0 Å². The maximum absolute atomic E-state index is 13.3. The maximum atomic E-state index is 13.3. The monoisotopic (exact) mass is 266 g/mol. The lowest BCUT2D eigenvalue weighted by Crippen LogP contribution is -2.38. The molecule has 0 spiro atoms. The first kappa shape index (κ1) is 17.5. The molecule has 1 N–H and O–H groups in total. The van der Waals surface area contributed by atoms with Gasteiger partial charge in [-0.25, -0.2) is 8.78 Å². The average Bonchev–Trinajstić information content (AvgIpc) is 2.69. The van der Waals surface area contributed by atoms with Crippen molar-refractivity contribution in [1.82, 2.24) is 10.2 Å². The lowest BCUT2D eigenvalue weighted by atomic mass is 10.1.